The quantitative estimate of drug-likeness (QED) is 0.388. The molecule has 23 heavy (non-hydrogen) atoms. The number of nitrogens with zero attached hydrogens (tertiary/aromatic N) is 3. The molecular weight excluding hydrogens is 337 g/mol. The standard InChI is InChI=1S/C14H13Cl2N7/c15-10-6-9(18-13-19-14(21-20-13)22-23-17)7-11(16)12(10)8-4-2-1-3-5-8/h1-7,13,18,20H,(H3,17,19,21,22). The first kappa shape index (κ1) is 15.5. The number of hydrogen-bond acceptors (Lipinski definition) is 6. The molecule has 0 fully saturated rings. The Morgan fingerprint density at radius 2 is 1.83 bits per heavy atom. The number of anilines is 1. The number of aliphatic imine (C=N–C) groups is 1. The summed E-state index contributed by atoms with van der Waals surface area (Å²) in [6.07, 6.45) is -0.440. The highest BCUT2D eigenvalue weighted by atomic mass is 35.5. The van der Waals surface area contributed by atoms with Crippen molar-refractivity contribution in [2.75, 3.05) is 5.32 Å². The highest BCUT2D eigenvalue weighted by Gasteiger charge is 2.17. The van der Waals surface area contributed by atoms with Crippen molar-refractivity contribution in [1.82, 2.24) is 10.9 Å². The summed E-state index contributed by atoms with van der Waals surface area (Å²) in [6.45, 7) is 0. The molecule has 0 radical (unpaired) electrons. The first-order chi connectivity index (χ1) is 11.2. The zero-order valence-corrected chi connectivity index (χ0v) is 13.3. The van der Waals surface area contributed by atoms with Crippen molar-refractivity contribution in [3.8, 4) is 11.1 Å². The van der Waals surface area contributed by atoms with Crippen LogP contribution < -0.4 is 22.0 Å². The normalized spacial score (nSPS) is 17.1. The second-order valence-corrected chi connectivity index (χ2v) is 5.48. The summed E-state index contributed by atoms with van der Waals surface area (Å²) in [5.41, 5.74) is 8.05. The number of halogens is 2. The lowest BCUT2D eigenvalue weighted by Crippen LogP contribution is -2.38. The van der Waals surface area contributed by atoms with Crippen LogP contribution in [0.25, 0.3) is 11.1 Å². The van der Waals surface area contributed by atoms with E-state index in [4.69, 9.17) is 29.0 Å². The van der Waals surface area contributed by atoms with Gasteiger partial charge in [-0.2, -0.15) is 5.43 Å². The van der Waals surface area contributed by atoms with Gasteiger partial charge in [-0.15, -0.1) is 0 Å². The van der Waals surface area contributed by atoms with E-state index >= 15 is 0 Å². The van der Waals surface area contributed by atoms with E-state index in [0.717, 1.165) is 11.1 Å². The van der Waals surface area contributed by atoms with Gasteiger partial charge in [0.05, 0.1) is 10.0 Å². The largest absolute Gasteiger partial charge is 0.350 e. The van der Waals surface area contributed by atoms with E-state index in [1.54, 1.807) is 12.1 Å². The number of nitrogens with one attached hydrogen (secondary N) is 3. The summed E-state index contributed by atoms with van der Waals surface area (Å²) in [4.78, 5) is 4.17. The van der Waals surface area contributed by atoms with Gasteiger partial charge in [0.25, 0.3) is 5.96 Å². The molecule has 1 unspecified atom stereocenters. The Labute approximate surface area is 142 Å². The van der Waals surface area contributed by atoms with Crippen LogP contribution in [0.5, 0.6) is 0 Å². The van der Waals surface area contributed by atoms with E-state index in [1.165, 1.54) is 0 Å². The van der Waals surface area contributed by atoms with Gasteiger partial charge in [-0.25, -0.2) is 4.99 Å². The van der Waals surface area contributed by atoms with Crippen LogP contribution in [0, 0.1) is 0 Å². The third-order valence-corrected chi connectivity index (χ3v) is 3.73. The summed E-state index contributed by atoms with van der Waals surface area (Å²) in [7, 11) is 0. The molecule has 3 rings (SSSR count). The van der Waals surface area contributed by atoms with Crippen LogP contribution in [0.1, 0.15) is 0 Å². The Kier molecular flexibility index (Phi) is 4.61. The molecule has 0 amide bonds. The van der Waals surface area contributed by atoms with Crippen molar-refractivity contribution in [3.63, 3.8) is 0 Å². The molecule has 0 saturated carbocycles. The van der Waals surface area contributed by atoms with E-state index in [1.807, 2.05) is 30.3 Å². The highest BCUT2D eigenvalue weighted by molar-refractivity contribution is 6.39. The lowest BCUT2D eigenvalue weighted by molar-refractivity contribution is 0.599. The van der Waals surface area contributed by atoms with Gasteiger partial charge in [0, 0.05) is 11.3 Å². The Morgan fingerprint density at radius 1 is 1.13 bits per heavy atom. The van der Waals surface area contributed by atoms with Crippen molar-refractivity contribution in [2.45, 2.75) is 6.29 Å². The number of nitrogens with two attached hydrogens (primary N) is 1. The second-order valence-electron chi connectivity index (χ2n) is 4.67. The first-order valence-corrected chi connectivity index (χ1v) is 7.44. The highest BCUT2D eigenvalue weighted by Crippen LogP contribution is 2.37. The van der Waals surface area contributed by atoms with Gasteiger partial charge in [-0.3, -0.25) is 5.43 Å². The van der Waals surface area contributed by atoms with Crippen LogP contribution in [0.4, 0.5) is 5.69 Å². The maximum atomic E-state index is 6.39. The molecular formula is C14H13Cl2N7. The third-order valence-electron chi connectivity index (χ3n) is 3.13. The molecule has 0 spiro atoms. The van der Waals surface area contributed by atoms with Gasteiger partial charge < -0.3 is 11.2 Å². The summed E-state index contributed by atoms with van der Waals surface area (Å²) >= 11 is 12.8. The van der Waals surface area contributed by atoms with E-state index < -0.39 is 6.29 Å². The summed E-state index contributed by atoms with van der Waals surface area (Å²) < 4.78 is 0. The molecule has 0 saturated heterocycles. The molecule has 2 aromatic carbocycles. The minimum absolute atomic E-state index is 0.281. The van der Waals surface area contributed by atoms with E-state index in [-0.39, 0.29) is 5.96 Å². The zero-order chi connectivity index (χ0) is 16.2. The fourth-order valence-electron chi connectivity index (χ4n) is 2.19. The molecule has 1 aliphatic heterocycles. The smallest absolute Gasteiger partial charge is 0.257 e. The summed E-state index contributed by atoms with van der Waals surface area (Å²) in [5.74, 6) is 5.25. The van der Waals surface area contributed by atoms with Gasteiger partial charge in [0.1, 0.15) is 0 Å². The Balaban J connectivity index is 1.84. The molecule has 2 aromatic rings. The van der Waals surface area contributed by atoms with Gasteiger partial charge >= 0.3 is 0 Å². The number of hydrazine groups is 1. The van der Waals surface area contributed by atoms with Crippen LogP contribution in [-0.4, -0.2) is 12.2 Å². The fourth-order valence-corrected chi connectivity index (χ4v) is 2.89. The Morgan fingerprint density at radius 3 is 2.48 bits per heavy atom. The van der Waals surface area contributed by atoms with Crippen LogP contribution >= 0.6 is 23.2 Å². The predicted octanol–water partition coefficient (Wildman–Crippen LogP) is 3.15. The molecule has 5 N–H and O–H groups in total. The molecule has 0 aromatic heterocycles. The topological polar surface area (TPSA) is 99.2 Å². The molecule has 1 aliphatic rings. The van der Waals surface area contributed by atoms with Gasteiger partial charge in [0.2, 0.25) is 0 Å². The lowest BCUT2D eigenvalue weighted by atomic mass is 10.1. The van der Waals surface area contributed by atoms with E-state index in [2.05, 4.69) is 31.5 Å². The fraction of sp³-hybridized carbons (Fsp3) is 0.0714. The van der Waals surface area contributed by atoms with E-state index in [9.17, 15) is 0 Å². The molecule has 7 nitrogen and oxygen atoms in total. The van der Waals surface area contributed by atoms with Gasteiger partial charge in [0.15, 0.2) is 6.29 Å². The summed E-state index contributed by atoms with van der Waals surface area (Å²) in [6, 6.07) is 13.3. The number of guanidine groups is 1. The number of rotatable bonds is 3. The van der Waals surface area contributed by atoms with Crippen molar-refractivity contribution in [3.05, 3.63) is 52.5 Å². The minimum Gasteiger partial charge on any atom is -0.350 e. The average Bonchev–Trinajstić information content (AvgIpc) is 2.95. The number of benzene rings is 2. The van der Waals surface area contributed by atoms with Crippen LogP contribution in [0.3, 0.4) is 0 Å². The van der Waals surface area contributed by atoms with E-state index in [0.29, 0.717) is 15.7 Å². The maximum Gasteiger partial charge on any atom is 0.257 e. The number of hydrogen-bond donors (Lipinski definition) is 4. The molecule has 9 heteroatoms. The van der Waals surface area contributed by atoms with Crippen LogP contribution in [-0.2, 0) is 0 Å². The maximum absolute atomic E-state index is 6.39. The average molecular weight is 350 g/mol. The molecule has 0 aliphatic carbocycles. The van der Waals surface area contributed by atoms with Gasteiger partial charge in [-0.05, 0) is 17.7 Å². The molecule has 1 atom stereocenters. The van der Waals surface area contributed by atoms with Crippen LogP contribution in [0.2, 0.25) is 10.0 Å². The SMILES string of the molecule is NN=NC1=NC(Nc2cc(Cl)c(-c3ccccc3)c(Cl)c2)NN1. The predicted molar refractivity (Wildman–Crippen MR) is 92.1 cm³/mol. The van der Waals surface area contributed by atoms with Crippen molar-refractivity contribution in [2.24, 2.45) is 21.2 Å². The second kappa shape index (κ2) is 6.82. The zero-order valence-electron chi connectivity index (χ0n) is 11.8. The third kappa shape index (κ3) is 3.53. The van der Waals surface area contributed by atoms with Crippen molar-refractivity contribution in [1.29, 1.82) is 0 Å². The molecule has 1 heterocycles. The molecule has 0 bridgehead atoms. The van der Waals surface area contributed by atoms with Gasteiger partial charge in [-0.1, -0.05) is 63.9 Å². The van der Waals surface area contributed by atoms with Crippen LogP contribution in [0.15, 0.2) is 57.8 Å². The first-order valence-electron chi connectivity index (χ1n) is 6.68. The molecule has 118 valence electrons. The van der Waals surface area contributed by atoms with Crippen molar-refractivity contribution >= 4 is 34.8 Å². The summed E-state index contributed by atoms with van der Waals surface area (Å²) in [5, 5.41) is 11.0. The Hall–Kier alpha value is -2.35. The van der Waals surface area contributed by atoms with Crippen molar-refractivity contribution < 1.29 is 0 Å². The Bertz CT molecular complexity index is 738. The lowest BCUT2D eigenvalue weighted by Gasteiger charge is -2.14. The minimum atomic E-state index is -0.440. The monoisotopic (exact) mass is 349 g/mol.